The fraction of sp³-hybridized carbons (Fsp3) is 0.750. The van der Waals surface area contributed by atoms with Crippen molar-refractivity contribution in [2.24, 2.45) is 0 Å². The second-order valence-corrected chi connectivity index (χ2v) is 8.33. The van der Waals surface area contributed by atoms with E-state index >= 15 is 0 Å². The Balaban J connectivity index is 2.53. The van der Waals surface area contributed by atoms with Crippen LogP contribution >= 0.6 is 11.3 Å². The van der Waals surface area contributed by atoms with E-state index in [2.05, 4.69) is 17.2 Å². The van der Waals surface area contributed by atoms with E-state index in [0.717, 1.165) is 17.8 Å². The van der Waals surface area contributed by atoms with Gasteiger partial charge in [-0.2, -0.15) is 0 Å². The zero-order valence-corrected chi connectivity index (χ0v) is 17.8. The summed E-state index contributed by atoms with van der Waals surface area (Å²) in [6, 6.07) is 0.207. The summed E-state index contributed by atoms with van der Waals surface area (Å²) in [5, 5.41) is 5.42. The Kier molecular flexibility index (Phi) is 10.5. The van der Waals surface area contributed by atoms with Crippen LogP contribution < -0.4 is 5.32 Å². The SMILES string of the molecule is CCCCCCCCC(=O)N(Cc1nc(C(=O)NC(C)C)cs1)C(C)C. The van der Waals surface area contributed by atoms with E-state index in [1.807, 2.05) is 32.6 Å². The van der Waals surface area contributed by atoms with Gasteiger partial charge in [0.25, 0.3) is 5.91 Å². The molecular weight excluding hydrogens is 346 g/mol. The van der Waals surface area contributed by atoms with Gasteiger partial charge in [0.1, 0.15) is 10.7 Å². The summed E-state index contributed by atoms with van der Waals surface area (Å²) in [5.41, 5.74) is 0.436. The normalized spacial score (nSPS) is 11.2. The summed E-state index contributed by atoms with van der Waals surface area (Å²) in [5.74, 6) is 0.0240. The largest absolute Gasteiger partial charge is 0.349 e. The van der Waals surface area contributed by atoms with Gasteiger partial charge >= 0.3 is 0 Å². The molecule has 0 atom stereocenters. The van der Waals surface area contributed by atoms with Gasteiger partial charge < -0.3 is 10.2 Å². The molecule has 0 saturated heterocycles. The van der Waals surface area contributed by atoms with E-state index in [9.17, 15) is 9.59 Å². The Morgan fingerprint density at radius 2 is 1.77 bits per heavy atom. The lowest BCUT2D eigenvalue weighted by Crippen LogP contribution is -2.36. The topological polar surface area (TPSA) is 62.3 Å². The molecule has 0 bridgehead atoms. The number of rotatable bonds is 12. The predicted octanol–water partition coefficient (Wildman–Crippen LogP) is 4.77. The van der Waals surface area contributed by atoms with Gasteiger partial charge in [-0.3, -0.25) is 9.59 Å². The number of amides is 2. The Morgan fingerprint density at radius 1 is 1.12 bits per heavy atom. The Labute approximate surface area is 162 Å². The molecule has 2 amide bonds. The number of hydrogen-bond donors (Lipinski definition) is 1. The predicted molar refractivity (Wildman–Crippen MR) is 108 cm³/mol. The highest BCUT2D eigenvalue weighted by Crippen LogP contribution is 2.17. The van der Waals surface area contributed by atoms with Crippen molar-refractivity contribution >= 4 is 23.2 Å². The average molecular weight is 382 g/mol. The molecule has 5 nitrogen and oxygen atoms in total. The molecule has 0 spiro atoms. The van der Waals surface area contributed by atoms with Gasteiger partial charge in [0.2, 0.25) is 5.91 Å². The van der Waals surface area contributed by atoms with E-state index in [0.29, 0.717) is 18.7 Å². The van der Waals surface area contributed by atoms with Crippen LogP contribution in [0.1, 0.15) is 95.1 Å². The zero-order chi connectivity index (χ0) is 19.5. The van der Waals surface area contributed by atoms with Crippen LogP contribution in [-0.4, -0.2) is 33.8 Å². The quantitative estimate of drug-likeness (QED) is 0.531. The maximum atomic E-state index is 12.6. The molecule has 0 aliphatic rings. The smallest absolute Gasteiger partial charge is 0.270 e. The lowest BCUT2D eigenvalue weighted by molar-refractivity contribution is -0.133. The highest BCUT2D eigenvalue weighted by Gasteiger charge is 2.19. The fourth-order valence-corrected chi connectivity index (χ4v) is 3.50. The lowest BCUT2D eigenvalue weighted by atomic mass is 10.1. The molecule has 0 aliphatic heterocycles. The van der Waals surface area contributed by atoms with Crippen LogP contribution in [0.15, 0.2) is 5.38 Å². The average Bonchev–Trinajstić information content (AvgIpc) is 3.03. The minimum atomic E-state index is -0.156. The van der Waals surface area contributed by atoms with Gasteiger partial charge in [-0.1, -0.05) is 39.0 Å². The molecule has 6 heteroatoms. The Bertz CT molecular complexity index is 555. The van der Waals surface area contributed by atoms with Gasteiger partial charge in [0, 0.05) is 23.9 Å². The summed E-state index contributed by atoms with van der Waals surface area (Å²) in [6.07, 6.45) is 7.66. The monoisotopic (exact) mass is 381 g/mol. The first-order valence-electron chi connectivity index (χ1n) is 9.89. The van der Waals surface area contributed by atoms with Crippen LogP contribution in [0.25, 0.3) is 0 Å². The van der Waals surface area contributed by atoms with Crippen LogP contribution in [0.5, 0.6) is 0 Å². The third kappa shape index (κ3) is 8.30. The van der Waals surface area contributed by atoms with Crippen LogP contribution in [0, 0.1) is 0 Å². The second kappa shape index (κ2) is 12.0. The zero-order valence-electron chi connectivity index (χ0n) is 17.0. The standard InChI is InChI=1S/C20H35N3O2S/c1-6-7-8-9-10-11-12-19(24)23(16(4)5)13-18-22-17(14-26-18)20(25)21-15(2)3/h14-16H,6-13H2,1-5H3,(H,21,25). The van der Waals surface area contributed by atoms with Gasteiger partial charge in [-0.25, -0.2) is 4.98 Å². The van der Waals surface area contributed by atoms with E-state index in [1.54, 1.807) is 5.38 Å². The summed E-state index contributed by atoms with van der Waals surface area (Å²) in [6.45, 7) is 10.6. The Hall–Kier alpha value is -1.43. The number of unbranched alkanes of at least 4 members (excludes halogenated alkanes) is 5. The molecule has 1 rings (SSSR count). The molecule has 0 aromatic carbocycles. The highest BCUT2D eigenvalue weighted by molar-refractivity contribution is 7.09. The molecule has 1 N–H and O–H groups in total. The summed E-state index contributed by atoms with van der Waals surface area (Å²) in [4.78, 5) is 30.9. The molecule has 1 aromatic rings. The van der Waals surface area contributed by atoms with Crippen molar-refractivity contribution in [2.45, 2.75) is 98.2 Å². The second-order valence-electron chi connectivity index (χ2n) is 7.39. The van der Waals surface area contributed by atoms with Crippen LogP contribution in [0.4, 0.5) is 0 Å². The molecule has 1 aromatic heterocycles. The van der Waals surface area contributed by atoms with Gasteiger partial charge in [-0.05, 0) is 34.1 Å². The summed E-state index contributed by atoms with van der Waals surface area (Å²) < 4.78 is 0. The maximum Gasteiger partial charge on any atom is 0.270 e. The molecule has 1 heterocycles. The highest BCUT2D eigenvalue weighted by atomic mass is 32.1. The molecule has 0 aliphatic carbocycles. The number of nitrogens with zero attached hydrogens (tertiary/aromatic N) is 2. The minimum Gasteiger partial charge on any atom is -0.349 e. The van der Waals surface area contributed by atoms with Crippen molar-refractivity contribution in [3.63, 3.8) is 0 Å². The number of thiazole rings is 1. The molecular formula is C20H35N3O2S. The van der Waals surface area contributed by atoms with Crippen LogP contribution in [-0.2, 0) is 11.3 Å². The van der Waals surface area contributed by atoms with Crippen molar-refractivity contribution in [2.75, 3.05) is 0 Å². The number of carbonyl (C=O) groups excluding carboxylic acids is 2. The molecule has 0 unspecified atom stereocenters. The molecule has 148 valence electrons. The summed E-state index contributed by atoms with van der Waals surface area (Å²) >= 11 is 1.44. The number of hydrogen-bond acceptors (Lipinski definition) is 4. The van der Waals surface area contributed by atoms with E-state index in [4.69, 9.17) is 0 Å². The van der Waals surface area contributed by atoms with Crippen molar-refractivity contribution in [1.29, 1.82) is 0 Å². The van der Waals surface area contributed by atoms with E-state index < -0.39 is 0 Å². The first kappa shape index (κ1) is 22.6. The Morgan fingerprint density at radius 3 is 2.38 bits per heavy atom. The molecule has 26 heavy (non-hydrogen) atoms. The maximum absolute atomic E-state index is 12.6. The molecule has 0 fully saturated rings. The fourth-order valence-electron chi connectivity index (χ4n) is 2.73. The van der Waals surface area contributed by atoms with Crippen molar-refractivity contribution < 1.29 is 9.59 Å². The van der Waals surface area contributed by atoms with Crippen molar-refractivity contribution in [1.82, 2.24) is 15.2 Å². The third-order valence-electron chi connectivity index (χ3n) is 4.20. The van der Waals surface area contributed by atoms with E-state index in [1.165, 1.54) is 37.0 Å². The van der Waals surface area contributed by atoms with Crippen LogP contribution in [0.2, 0.25) is 0 Å². The molecule has 0 radical (unpaired) electrons. The first-order chi connectivity index (χ1) is 12.3. The third-order valence-corrected chi connectivity index (χ3v) is 5.03. The van der Waals surface area contributed by atoms with Crippen LogP contribution in [0.3, 0.4) is 0 Å². The molecule has 0 saturated carbocycles. The lowest BCUT2D eigenvalue weighted by Gasteiger charge is -2.26. The van der Waals surface area contributed by atoms with Crippen molar-refractivity contribution in [3.05, 3.63) is 16.1 Å². The summed E-state index contributed by atoms with van der Waals surface area (Å²) in [7, 11) is 0. The van der Waals surface area contributed by atoms with Gasteiger partial charge in [0.15, 0.2) is 0 Å². The number of aromatic nitrogens is 1. The number of nitrogens with one attached hydrogen (secondary N) is 1. The van der Waals surface area contributed by atoms with E-state index in [-0.39, 0.29) is 23.9 Å². The van der Waals surface area contributed by atoms with Crippen molar-refractivity contribution in [3.8, 4) is 0 Å². The van der Waals surface area contributed by atoms with Gasteiger partial charge in [-0.15, -0.1) is 11.3 Å². The van der Waals surface area contributed by atoms with Gasteiger partial charge in [0.05, 0.1) is 6.54 Å². The first-order valence-corrected chi connectivity index (χ1v) is 10.8. The minimum absolute atomic E-state index is 0.0821. The number of carbonyl (C=O) groups is 2.